The number of ether oxygens (including phenoxy) is 1. The molecular formula is C23H17NO4S2. The number of thiocarbonyl (C=S) groups is 1. The van der Waals surface area contributed by atoms with E-state index in [0.717, 1.165) is 5.56 Å². The minimum Gasteiger partial charge on any atom is -0.497 e. The fraction of sp³-hybridized carbons (Fsp3) is 0.0870. The molecule has 1 amide bonds. The molecule has 0 aliphatic carbocycles. The minimum atomic E-state index is -0.195. The van der Waals surface area contributed by atoms with Gasteiger partial charge in [0.15, 0.2) is 10.1 Å². The van der Waals surface area contributed by atoms with Crippen molar-refractivity contribution in [2.45, 2.75) is 6.92 Å². The number of Topliss-reactive ketones (excluding diaryl/α,β-unsaturated/α-hetero) is 1. The smallest absolute Gasteiger partial charge is 0.270 e. The molecule has 0 atom stereocenters. The predicted molar refractivity (Wildman–Crippen MR) is 123 cm³/mol. The Morgan fingerprint density at radius 1 is 1.07 bits per heavy atom. The maximum atomic E-state index is 12.9. The molecule has 2 aromatic carbocycles. The fourth-order valence-electron chi connectivity index (χ4n) is 3.01. The third-order valence-corrected chi connectivity index (χ3v) is 5.90. The van der Waals surface area contributed by atoms with Crippen LogP contribution in [0.15, 0.2) is 70.0 Å². The third kappa shape index (κ3) is 3.94. The number of hydrogen-bond acceptors (Lipinski definition) is 6. The van der Waals surface area contributed by atoms with Crippen LogP contribution in [0.2, 0.25) is 0 Å². The number of ketones is 1. The minimum absolute atomic E-state index is 0.0144. The van der Waals surface area contributed by atoms with Crippen molar-refractivity contribution in [3.8, 4) is 17.1 Å². The fourth-order valence-corrected chi connectivity index (χ4v) is 4.28. The molecule has 0 radical (unpaired) electrons. The second kappa shape index (κ2) is 8.30. The molecule has 1 fully saturated rings. The van der Waals surface area contributed by atoms with Gasteiger partial charge in [0.2, 0.25) is 0 Å². The molecule has 7 heteroatoms. The first-order valence-electron chi connectivity index (χ1n) is 9.09. The van der Waals surface area contributed by atoms with Crippen molar-refractivity contribution in [2.75, 3.05) is 12.0 Å². The highest BCUT2D eigenvalue weighted by molar-refractivity contribution is 8.27. The normalized spacial score (nSPS) is 15.1. The number of benzene rings is 2. The summed E-state index contributed by atoms with van der Waals surface area (Å²) in [5.74, 6) is 1.73. The van der Waals surface area contributed by atoms with Crippen LogP contribution in [0.3, 0.4) is 0 Å². The van der Waals surface area contributed by atoms with Gasteiger partial charge in [-0.05, 0) is 43.3 Å². The van der Waals surface area contributed by atoms with E-state index < -0.39 is 0 Å². The lowest BCUT2D eigenvalue weighted by atomic mass is 10.1. The zero-order chi connectivity index (χ0) is 21.3. The van der Waals surface area contributed by atoms with Crippen LogP contribution in [0.5, 0.6) is 5.75 Å². The van der Waals surface area contributed by atoms with Gasteiger partial charge in [0.1, 0.15) is 17.3 Å². The Kier molecular flexibility index (Phi) is 5.57. The lowest BCUT2D eigenvalue weighted by molar-refractivity contribution is -0.113. The quantitative estimate of drug-likeness (QED) is 0.297. The molecule has 1 saturated heterocycles. The van der Waals surface area contributed by atoms with Crippen LogP contribution in [-0.2, 0) is 4.79 Å². The van der Waals surface area contributed by atoms with E-state index in [1.165, 1.54) is 23.6 Å². The molecular weight excluding hydrogens is 418 g/mol. The SMILES string of the molecule is COc1ccc(N2C(=O)/C(=C/c3ccc(-c4ccc(C(C)=O)cc4)o3)SC2=S)cc1. The van der Waals surface area contributed by atoms with Crippen LogP contribution < -0.4 is 9.64 Å². The predicted octanol–water partition coefficient (Wildman–Crippen LogP) is 5.56. The van der Waals surface area contributed by atoms with Gasteiger partial charge < -0.3 is 9.15 Å². The van der Waals surface area contributed by atoms with Crippen LogP contribution in [0.4, 0.5) is 5.69 Å². The highest BCUT2D eigenvalue weighted by Gasteiger charge is 2.33. The van der Waals surface area contributed by atoms with Crippen molar-refractivity contribution in [3.63, 3.8) is 0 Å². The first-order chi connectivity index (χ1) is 14.5. The molecule has 0 N–H and O–H groups in total. The monoisotopic (exact) mass is 435 g/mol. The summed E-state index contributed by atoms with van der Waals surface area (Å²) in [6.07, 6.45) is 1.69. The van der Waals surface area contributed by atoms with E-state index in [0.29, 0.717) is 37.7 Å². The summed E-state index contributed by atoms with van der Waals surface area (Å²) in [7, 11) is 1.59. The Morgan fingerprint density at radius 2 is 1.77 bits per heavy atom. The van der Waals surface area contributed by atoms with Gasteiger partial charge in [-0.3, -0.25) is 14.5 Å². The van der Waals surface area contributed by atoms with Gasteiger partial charge in [-0.15, -0.1) is 0 Å². The molecule has 150 valence electrons. The lowest BCUT2D eigenvalue weighted by Gasteiger charge is -2.14. The zero-order valence-electron chi connectivity index (χ0n) is 16.2. The highest BCUT2D eigenvalue weighted by Crippen LogP contribution is 2.37. The van der Waals surface area contributed by atoms with Crippen molar-refractivity contribution in [2.24, 2.45) is 0 Å². The summed E-state index contributed by atoms with van der Waals surface area (Å²) < 4.78 is 11.5. The van der Waals surface area contributed by atoms with E-state index in [4.69, 9.17) is 21.4 Å². The number of methoxy groups -OCH3 is 1. The van der Waals surface area contributed by atoms with E-state index in [-0.39, 0.29) is 11.7 Å². The van der Waals surface area contributed by atoms with Crippen LogP contribution in [0.1, 0.15) is 23.0 Å². The van der Waals surface area contributed by atoms with Gasteiger partial charge >= 0.3 is 0 Å². The first-order valence-corrected chi connectivity index (χ1v) is 10.3. The van der Waals surface area contributed by atoms with E-state index in [2.05, 4.69) is 0 Å². The summed E-state index contributed by atoms with van der Waals surface area (Å²) in [5, 5.41) is 0. The number of amides is 1. The highest BCUT2D eigenvalue weighted by atomic mass is 32.2. The first kappa shape index (κ1) is 20.1. The molecule has 0 unspecified atom stereocenters. The van der Waals surface area contributed by atoms with Crippen molar-refractivity contribution < 1.29 is 18.7 Å². The Hall–Kier alpha value is -3.16. The topological polar surface area (TPSA) is 59.8 Å². The lowest BCUT2D eigenvalue weighted by Crippen LogP contribution is -2.27. The van der Waals surface area contributed by atoms with Crippen LogP contribution in [-0.4, -0.2) is 23.1 Å². The van der Waals surface area contributed by atoms with Crippen molar-refractivity contribution in [1.82, 2.24) is 0 Å². The van der Waals surface area contributed by atoms with Crippen LogP contribution in [0, 0.1) is 0 Å². The molecule has 0 saturated carbocycles. The van der Waals surface area contributed by atoms with Crippen molar-refractivity contribution in [1.29, 1.82) is 0 Å². The third-order valence-electron chi connectivity index (χ3n) is 4.60. The molecule has 2 heterocycles. The van der Waals surface area contributed by atoms with Gasteiger partial charge in [-0.25, -0.2) is 0 Å². The number of nitrogens with zero attached hydrogens (tertiary/aromatic N) is 1. The Bertz CT molecular complexity index is 1160. The second-order valence-electron chi connectivity index (χ2n) is 6.55. The van der Waals surface area contributed by atoms with E-state index in [1.54, 1.807) is 55.7 Å². The number of hydrogen-bond donors (Lipinski definition) is 0. The summed E-state index contributed by atoms with van der Waals surface area (Å²) in [5.41, 5.74) is 2.19. The van der Waals surface area contributed by atoms with E-state index >= 15 is 0 Å². The standard InChI is InChI=1S/C23H17NO4S2/c1-14(25)15-3-5-16(6-4-15)20-12-11-19(28-20)13-21-22(26)24(23(29)30-21)17-7-9-18(27-2)10-8-17/h3-13H,1-2H3/b21-13-. The van der Waals surface area contributed by atoms with Crippen LogP contribution >= 0.6 is 24.0 Å². The summed E-state index contributed by atoms with van der Waals surface area (Å²) in [6, 6.07) is 18.0. The summed E-state index contributed by atoms with van der Waals surface area (Å²) in [6.45, 7) is 1.53. The summed E-state index contributed by atoms with van der Waals surface area (Å²) in [4.78, 5) is 26.3. The number of furan rings is 1. The maximum Gasteiger partial charge on any atom is 0.270 e. The Balaban J connectivity index is 1.56. The van der Waals surface area contributed by atoms with Gasteiger partial charge in [0, 0.05) is 17.2 Å². The number of carbonyl (C=O) groups is 2. The number of thioether (sulfide) groups is 1. The average molecular weight is 436 g/mol. The van der Waals surface area contributed by atoms with Crippen molar-refractivity contribution >= 4 is 51.8 Å². The van der Waals surface area contributed by atoms with Gasteiger partial charge in [0.05, 0.1) is 17.7 Å². The average Bonchev–Trinajstić information content (AvgIpc) is 3.33. The van der Waals surface area contributed by atoms with E-state index in [9.17, 15) is 9.59 Å². The van der Waals surface area contributed by atoms with Gasteiger partial charge in [-0.1, -0.05) is 48.2 Å². The number of anilines is 1. The van der Waals surface area contributed by atoms with Crippen molar-refractivity contribution in [3.05, 3.63) is 76.9 Å². The van der Waals surface area contributed by atoms with Gasteiger partial charge in [-0.2, -0.15) is 0 Å². The number of rotatable bonds is 5. The Morgan fingerprint density at radius 3 is 2.40 bits per heavy atom. The molecule has 1 aromatic heterocycles. The molecule has 0 bridgehead atoms. The molecule has 3 aromatic rings. The van der Waals surface area contributed by atoms with Gasteiger partial charge in [0.25, 0.3) is 5.91 Å². The maximum absolute atomic E-state index is 12.9. The summed E-state index contributed by atoms with van der Waals surface area (Å²) >= 11 is 6.64. The molecule has 5 nitrogen and oxygen atoms in total. The molecule has 1 aliphatic rings. The molecule has 0 spiro atoms. The van der Waals surface area contributed by atoms with Crippen LogP contribution in [0.25, 0.3) is 17.4 Å². The number of carbonyl (C=O) groups excluding carboxylic acids is 2. The molecule has 30 heavy (non-hydrogen) atoms. The Labute approximate surface area is 183 Å². The zero-order valence-corrected chi connectivity index (χ0v) is 17.9. The largest absolute Gasteiger partial charge is 0.497 e. The second-order valence-corrected chi connectivity index (χ2v) is 8.23. The molecule has 1 aliphatic heterocycles. The van der Waals surface area contributed by atoms with E-state index in [1.807, 2.05) is 18.2 Å². The molecule has 4 rings (SSSR count).